The van der Waals surface area contributed by atoms with Crippen LogP contribution < -0.4 is 4.90 Å². The molecule has 5 rings (SSSR count). The van der Waals surface area contributed by atoms with Crippen molar-refractivity contribution < 1.29 is 0 Å². The molecule has 0 fully saturated rings. The molecule has 0 heterocycles. The van der Waals surface area contributed by atoms with Crippen molar-refractivity contribution in [2.45, 2.75) is 34.1 Å². The van der Waals surface area contributed by atoms with Crippen molar-refractivity contribution in [1.82, 2.24) is 0 Å². The average molecular weight is 598 g/mol. The van der Waals surface area contributed by atoms with Gasteiger partial charge in [-0.05, 0) is 108 Å². The topological polar surface area (TPSA) is 3.24 Å². The van der Waals surface area contributed by atoms with E-state index in [0.29, 0.717) is 0 Å². The van der Waals surface area contributed by atoms with E-state index in [9.17, 15) is 0 Å². The molecule has 1 nitrogen and oxygen atoms in total. The summed E-state index contributed by atoms with van der Waals surface area (Å²) in [6.45, 7) is 12.5. The Labute approximate surface area is 275 Å². The van der Waals surface area contributed by atoms with Crippen LogP contribution in [0.5, 0.6) is 0 Å². The zero-order valence-corrected chi connectivity index (χ0v) is 27.4. The number of hydrogen-bond donors (Lipinski definition) is 0. The van der Waals surface area contributed by atoms with Crippen LogP contribution in [0.25, 0.3) is 33.4 Å². The standard InChI is InChI=1S/C45H43N/c1-6-9-18-35(8-3)36-26-30-39(31-27-36)46(38-19-12-11-13-20-38)40-32-28-37(29-33-40)42-22-14-15-24-44(42)45-25-17-16-23-43(45)41(34(4)5)21-10-7-2/h7-33H,2,6H2,1,3-5H3/b18-9-,21-10-,35-8+. The SMILES string of the molecule is C=C/C=C\C(=C(C)C)c1ccccc1-c1ccccc1-c1ccc(N(c2ccccc2)c2ccc(C(/C=C\CC)=C/C)cc2)cc1. The van der Waals surface area contributed by atoms with Crippen molar-refractivity contribution in [3.8, 4) is 22.3 Å². The monoisotopic (exact) mass is 597 g/mol. The Balaban J connectivity index is 1.55. The van der Waals surface area contributed by atoms with Gasteiger partial charge in [-0.1, -0.05) is 147 Å². The molecule has 0 amide bonds. The Morgan fingerprint density at radius 1 is 0.630 bits per heavy atom. The lowest BCUT2D eigenvalue weighted by atomic mass is 9.88. The Kier molecular flexibility index (Phi) is 10.8. The quantitative estimate of drug-likeness (QED) is 0.137. The van der Waals surface area contributed by atoms with Gasteiger partial charge in [0.2, 0.25) is 0 Å². The van der Waals surface area contributed by atoms with Crippen molar-refractivity contribution in [3.63, 3.8) is 0 Å². The van der Waals surface area contributed by atoms with Gasteiger partial charge < -0.3 is 4.90 Å². The minimum Gasteiger partial charge on any atom is -0.311 e. The number of para-hydroxylation sites is 1. The molecular weight excluding hydrogens is 555 g/mol. The highest BCUT2D eigenvalue weighted by molar-refractivity contribution is 5.93. The van der Waals surface area contributed by atoms with E-state index < -0.39 is 0 Å². The van der Waals surface area contributed by atoms with Crippen molar-refractivity contribution in [3.05, 3.63) is 187 Å². The van der Waals surface area contributed by atoms with Gasteiger partial charge in [-0.15, -0.1) is 0 Å². The molecule has 5 aromatic carbocycles. The van der Waals surface area contributed by atoms with Gasteiger partial charge in [-0.2, -0.15) is 0 Å². The van der Waals surface area contributed by atoms with E-state index >= 15 is 0 Å². The maximum Gasteiger partial charge on any atom is 0.0462 e. The van der Waals surface area contributed by atoms with Crippen LogP contribution in [-0.4, -0.2) is 0 Å². The number of anilines is 3. The molecule has 0 N–H and O–H groups in total. The second kappa shape index (κ2) is 15.5. The first-order valence-electron chi connectivity index (χ1n) is 16.1. The fourth-order valence-electron chi connectivity index (χ4n) is 5.83. The Hall–Kier alpha value is -5.40. The van der Waals surface area contributed by atoms with Crippen molar-refractivity contribution >= 4 is 28.2 Å². The van der Waals surface area contributed by atoms with Gasteiger partial charge in [0.1, 0.15) is 0 Å². The number of benzene rings is 5. The average Bonchev–Trinajstić information content (AvgIpc) is 3.10. The minimum atomic E-state index is 1.02. The van der Waals surface area contributed by atoms with Crippen LogP contribution in [0, 0.1) is 0 Å². The maximum absolute atomic E-state index is 3.88. The van der Waals surface area contributed by atoms with Crippen molar-refractivity contribution in [2.75, 3.05) is 4.90 Å². The molecule has 0 spiro atoms. The van der Waals surface area contributed by atoms with E-state index in [4.69, 9.17) is 0 Å². The fraction of sp³-hybridized carbons (Fsp3) is 0.111. The third kappa shape index (κ3) is 7.28. The zero-order valence-electron chi connectivity index (χ0n) is 27.4. The molecule has 0 saturated heterocycles. The lowest BCUT2D eigenvalue weighted by molar-refractivity contribution is 1.22. The predicted molar refractivity (Wildman–Crippen MR) is 203 cm³/mol. The number of hydrogen-bond acceptors (Lipinski definition) is 1. The van der Waals surface area contributed by atoms with Crippen LogP contribution in [-0.2, 0) is 0 Å². The highest BCUT2D eigenvalue weighted by Crippen LogP contribution is 2.40. The number of nitrogens with zero attached hydrogens (tertiary/aromatic N) is 1. The van der Waals surface area contributed by atoms with Crippen molar-refractivity contribution in [2.24, 2.45) is 0 Å². The molecule has 46 heavy (non-hydrogen) atoms. The van der Waals surface area contributed by atoms with E-state index in [1.165, 1.54) is 50.1 Å². The van der Waals surface area contributed by atoms with Gasteiger partial charge >= 0.3 is 0 Å². The van der Waals surface area contributed by atoms with Crippen LogP contribution in [0.1, 0.15) is 45.2 Å². The minimum absolute atomic E-state index is 1.02. The van der Waals surface area contributed by atoms with Gasteiger partial charge in [0.25, 0.3) is 0 Å². The van der Waals surface area contributed by atoms with E-state index in [-0.39, 0.29) is 0 Å². The summed E-state index contributed by atoms with van der Waals surface area (Å²) in [7, 11) is 0. The zero-order chi connectivity index (χ0) is 32.3. The van der Waals surface area contributed by atoms with Gasteiger partial charge in [-0.3, -0.25) is 0 Å². The number of allylic oxidation sites excluding steroid dienone is 9. The fourth-order valence-corrected chi connectivity index (χ4v) is 5.83. The maximum atomic E-state index is 3.88. The molecule has 0 atom stereocenters. The lowest BCUT2D eigenvalue weighted by Crippen LogP contribution is -2.09. The predicted octanol–water partition coefficient (Wildman–Crippen LogP) is 13.4. The van der Waals surface area contributed by atoms with Crippen LogP contribution >= 0.6 is 0 Å². The van der Waals surface area contributed by atoms with E-state index in [2.05, 4.69) is 191 Å². The summed E-state index contributed by atoms with van der Waals surface area (Å²) in [6, 6.07) is 45.8. The molecule has 1 heteroatoms. The summed E-state index contributed by atoms with van der Waals surface area (Å²) in [5, 5.41) is 0. The van der Waals surface area contributed by atoms with Gasteiger partial charge in [0.15, 0.2) is 0 Å². The van der Waals surface area contributed by atoms with E-state index in [1.807, 2.05) is 12.2 Å². The van der Waals surface area contributed by atoms with Gasteiger partial charge in [-0.25, -0.2) is 0 Å². The molecule has 0 bridgehead atoms. The first-order valence-corrected chi connectivity index (χ1v) is 16.1. The summed E-state index contributed by atoms with van der Waals surface area (Å²) in [5.41, 5.74) is 14.3. The largest absolute Gasteiger partial charge is 0.311 e. The molecular formula is C45H43N. The Bertz CT molecular complexity index is 1880. The summed E-state index contributed by atoms with van der Waals surface area (Å²) in [6.07, 6.45) is 13.6. The first-order chi connectivity index (χ1) is 22.5. The molecule has 5 aromatic rings. The molecule has 0 aromatic heterocycles. The smallest absolute Gasteiger partial charge is 0.0462 e. The summed E-state index contributed by atoms with van der Waals surface area (Å²) < 4.78 is 0. The first kappa shape index (κ1) is 32.0. The third-order valence-electron chi connectivity index (χ3n) is 8.13. The second-order valence-electron chi connectivity index (χ2n) is 11.4. The molecule has 0 radical (unpaired) electrons. The van der Waals surface area contributed by atoms with Crippen LogP contribution in [0.3, 0.4) is 0 Å². The van der Waals surface area contributed by atoms with E-state index in [1.54, 1.807) is 0 Å². The molecule has 0 aliphatic carbocycles. The van der Waals surface area contributed by atoms with Gasteiger partial charge in [0, 0.05) is 17.1 Å². The Morgan fingerprint density at radius 3 is 1.80 bits per heavy atom. The third-order valence-corrected chi connectivity index (χ3v) is 8.13. The van der Waals surface area contributed by atoms with E-state index in [0.717, 1.165) is 23.5 Å². The molecule has 0 saturated carbocycles. The highest BCUT2D eigenvalue weighted by atomic mass is 15.1. The summed E-state index contributed by atoms with van der Waals surface area (Å²) in [5.74, 6) is 0. The lowest BCUT2D eigenvalue weighted by Gasteiger charge is -2.26. The Morgan fingerprint density at radius 2 is 1.20 bits per heavy atom. The molecule has 0 unspecified atom stereocenters. The second-order valence-corrected chi connectivity index (χ2v) is 11.4. The van der Waals surface area contributed by atoms with Crippen LogP contribution in [0.2, 0.25) is 0 Å². The summed E-state index contributed by atoms with van der Waals surface area (Å²) in [4.78, 5) is 2.32. The van der Waals surface area contributed by atoms with Crippen LogP contribution in [0.4, 0.5) is 17.1 Å². The molecule has 0 aliphatic rings. The normalized spacial score (nSPS) is 11.6. The summed E-state index contributed by atoms with van der Waals surface area (Å²) >= 11 is 0. The van der Waals surface area contributed by atoms with Crippen LogP contribution in [0.15, 0.2) is 176 Å². The molecule has 228 valence electrons. The highest BCUT2D eigenvalue weighted by Gasteiger charge is 2.16. The molecule has 0 aliphatic heterocycles. The number of rotatable bonds is 11. The van der Waals surface area contributed by atoms with Gasteiger partial charge in [0.05, 0.1) is 0 Å². The van der Waals surface area contributed by atoms with Crippen molar-refractivity contribution in [1.29, 1.82) is 0 Å².